The maximum atomic E-state index is 10.9. The molecule has 1 N–H and O–H groups in total. The zero-order chi connectivity index (χ0) is 16.7. The average Bonchev–Trinajstić information content (AvgIpc) is 2.56. The number of carboxylic acid groups (broad SMARTS) is 1. The van der Waals surface area contributed by atoms with Crippen molar-refractivity contribution in [3.8, 4) is 11.5 Å². The quantitative estimate of drug-likeness (QED) is 0.797. The van der Waals surface area contributed by atoms with Crippen LogP contribution in [0.2, 0.25) is 0 Å². The second kappa shape index (κ2) is 7.98. The Morgan fingerprint density at radius 2 is 1.96 bits per heavy atom. The highest BCUT2D eigenvalue weighted by molar-refractivity contribution is 5.81. The smallest absolute Gasteiger partial charge is 0.344 e. The van der Waals surface area contributed by atoms with Crippen molar-refractivity contribution in [2.45, 2.75) is 19.6 Å². The van der Waals surface area contributed by atoms with E-state index in [9.17, 15) is 4.79 Å². The summed E-state index contributed by atoms with van der Waals surface area (Å²) in [5.41, 5.74) is 1.99. The molecule has 120 valence electrons. The summed E-state index contributed by atoms with van der Waals surface area (Å²) in [5.74, 6) is -0.162. The molecule has 5 nitrogen and oxygen atoms in total. The van der Waals surface area contributed by atoms with Crippen LogP contribution in [0.15, 0.2) is 53.5 Å². The molecular weight excluding hydrogens is 294 g/mol. The van der Waals surface area contributed by atoms with Gasteiger partial charge in [0.25, 0.3) is 0 Å². The van der Waals surface area contributed by atoms with Crippen LogP contribution in [0, 0.1) is 0 Å². The standard InChI is InChI=1S/C18H19NO4/c1-13(18(20)21)23-16-9-8-15(10-17(16)22-2)12-19-11-14-6-4-3-5-7-14/h3-10,12-13H,11H2,1-2H3,(H,20,21)/t13-/m0/s1. The van der Waals surface area contributed by atoms with Gasteiger partial charge in [-0.15, -0.1) is 0 Å². The molecule has 2 rings (SSSR count). The van der Waals surface area contributed by atoms with Crippen LogP contribution in [-0.4, -0.2) is 30.5 Å². The number of hydrogen-bond donors (Lipinski definition) is 1. The van der Waals surface area contributed by atoms with Crippen molar-refractivity contribution in [1.82, 2.24) is 0 Å². The number of aliphatic imine (C=N–C) groups is 1. The molecule has 0 unspecified atom stereocenters. The van der Waals surface area contributed by atoms with E-state index in [1.54, 1.807) is 24.4 Å². The minimum atomic E-state index is -1.03. The SMILES string of the molecule is COc1cc(C=NCc2ccccc2)ccc1O[C@@H](C)C(=O)O. The van der Waals surface area contributed by atoms with Gasteiger partial charge in [0.05, 0.1) is 13.7 Å². The van der Waals surface area contributed by atoms with Gasteiger partial charge in [0.2, 0.25) is 0 Å². The molecule has 0 saturated heterocycles. The van der Waals surface area contributed by atoms with Gasteiger partial charge in [-0.3, -0.25) is 4.99 Å². The van der Waals surface area contributed by atoms with E-state index in [0.29, 0.717) is 18.0 Å². The molecule has 0 radical (unpaired) electrons. The van der Waals surface area contributed by atoms with Crippen molar-refractivity contribution in [3.63, 3.8) is 0 Å². The molecule has 23 heavy (non-hydrogen) atoms. The van der Waals surface area contributed by atoms with E-state index in [2.05, 4.69) is 4.99 Å². The first-order valence-corrected chi connectivity index (χ1v) is 7.21. The van der Waals surface area contributed by atoms with E-state index in [0.717, 1.165) is 11.1 Å². The normalized spacial score (nSPS) is 12.1. The van der Waals surface area contributed by atoms with Crippen LogP contribution >= 0.6 is 0 Å². The van der Waals surface area contributed by atoms with Gasteiger partial charge in [-0.1, -0.05) is 30.3 Å². The van der Waals surface area contributed by atoms with E-state index in [1.165, 1.54) is 14.0 Å². The predicted octanol–water partition coefficient (Wildman–Crippen LogP) is 3.17. The molecule has 2 aromatic rings. The number of rotatable bonds is 7. The van der Waals surface area contributed by atoms with E-state index in [1.807, 2.05) is 30.3 Å². The van der Waals surface area contributed by atoms with Crippen LogP contribution in [-0.2, 0) is 11.3 Å². The Morgan fingerprint density at radius 1 is 1.22 bits per heavy atom. The number of methoxy groups -OCH3 is 1. The fourth-order valence-electron chi connectivity index (χ4n) is 1.94. The zero-order valence-corrected chi connectivity index (χ0v) is 13.1. The third-order valence-electron chi connectivity index (χ3n) is 3.20. The first-order chi connectivity index (χ1) is 11.1. The van der Waals surface area contributed by atoms with Gasteiger partial charge in [-0.05, 0) is 36.2 Å². The van der Waals surface area contributed by atoms with Crippen LogP contribution in [0.5, 0.6) is 11.5 Å². The molecule has 5 heteroatoms. The molecule has 0 aliphatic heterocycles. The Labute approximate surface area is 135 Å². The summed E-state index contributed by atoms with van der Waals surface area (Å²) in [4.78, 5) is 15.2. The summed E-state index contributed by atoms with van der Waals surface area (Å²) in [6.07, 6.45) is 0.807. The summed E-state index contributed by atoms with van der Waals surface area (Å²) < 4.78 is 10.6. The first-order valence-electron chi connectivity index (χ1n) is 7.21. The maximum Gasteiger partial charge on any atom is 0.344 e. The highest BCUT2D eigenvalue weighted by atomic mass is 16.5. The largest absolute Gasteiger partial charge is 0.493 e. The summed E-state index contributed by atoms with van der Waals surface area (Å²) >= 11 is 0. The number of carboxylic acids is 1. The van der Waals surface area contributed by atoms with Crippen molar-refractivity contribution < 1.29 is 19.4 Å². The van der Waals surface area contributed by atoms with Crippen LogP contribution in [0.25, 0.3) is 0 Å². The average molecular weight is 313 g/mol. The topological polar surface area (TPSA) is 68.1 Å². The summed E-state index contributed by atoms with van der Waals surface area (Å²) in [7, 11) is 1.51. The zero-order valence-electron chi connectivity index (χ0n) is 13.1. The molecule has 0 spiro atoms. The number of nitrogens with zero attached hydrogens (tertiary/aromatic N) is 1. The number of carbonyl (C=O) groups is 1. The molecule has 0 fully saturated rings. The Balaban J connectivity index is 2.07. The summed E-state index contributed by atoms with van der Waals surface area (Å²) in [6, 6.07) is 15.2. The van der Waals surface area contributed by atoms with Gasteiger partial charge >= 0.3 is 5.97 Å². The van der Waals surface area contributed by atoms with Crippen LogP contribution in [0.1, 0.15) is 18.1 Å². The Hall–Kier alpha value is -2.82. The van der Waals surface area contributed by atoms with Crippen molar-refractivity contribution in [3.05, 3.63) is 59.7 Å². The lowest BCUT2D eigenvalue weighted by Gasteiger charge is -2.14. The minimum absolute atomic E-state index is 0.391. The molecule has 1 atom stereocenters. The molecule has 0 amide bonds. The summed E-state index contributed by atoms with van der Waals surface area (Å²) in [6.45, 7) is 2.06. The lowest BCUT2D eigenvalue weighted by Crippen LogP contribution is -2.23. The number of hydrogen-bond acceptors (Lipinski definition) is 4. The fourth-order valence-corrected chi connectivity index (χ4v) is 1.94. The number of ether oxygens (including phenoxy) is 2. The van der Waals surface area contributed by atoms with Crippen LogP contribution < -0.4 is 9.47 Å². The second-order valence-corrected chi connectivity index (χ2v) is 4.96. The molecule has 2 aromatic carbocycles. The van der Waals surface area contributed by atoms with Crippen molar-refractivity contribution in [1.29, 1.82) is 0 Å². The van der Waals surface area contributed by atoms with Crippen molar-refractivity contribution >= 4 is 12.2 Å². The van der Waals surface area contributed by atoms with Gasteiger partial charge in [0.15, 0.2) is 17.6 Å². The molecule has 0 bridgehead atoms. The third kappa shape index (κ3) is 4.85. The molecule has 0 aliphatic carbocycles. The highest BCUT2D eigenvalue weighted by Crippen LogP contribution is 2.28. The Bertz CT molecular complexity index is 683. The lowest BCUT2D eigenvalue weighted by molar-refractivity contribution is -0.144. The fraction of sp³-hybridized carbons (Fsp3) is 0.222. The Kier molecular flexibility index (Phi) is 5.74. The number of aliphatic carboxylic acids is 1. The molecule has 0 aromatic heterocycles. The van der Waals surface area contributed by atoms with Crippen molar-refractivity contribution in [2.24, 2.45) is 4.99 Å². The monoisotopic (exact) mass is 313 g/mol. The molecule has 0 aliphatic rings. The van der Waals surface area contributed by atoms with E-state index in [4.69, 9.17) is 14.6 Å². The Morgan fingerprint density at radius 3 is 2.61 bits per heavy atom. The minimum Gasteiger partial charge on any atom is -0.493 e. The van der Waals surface area contributed by atoms with Crippen LogP contribution in [0.4, 0.5) is 0 Å². The maximum absolute atomic E-state index is 10.9. The van der Waals surface area contributed by atoms with Gasteiger partial charge < -0.3 is 14.6 Å². The summed E-state index contributed by atoms with van der Waals surface area (Å²) in [5, 5.41) is 8.90. The molecular formula is C18H19NO4. The third-order valence-corrected chi connectivity index (χ3v) is 3.20. The van der Waals surface area contributed by atoms with Gasteiger partial charge in [-0.25, -0.2) is 4.79 Å². The molecule has 0 saturated carbocycles. The predicted molar refractivity (Wildman–Crippen MR) is 88.5 cm³/mol. The van der Waals surface area contributed by atoms with Gasteiger partial charge in [-0.2, -0.15) is 0 Å². The number of benzene rings is 2. The van der Waals surface area contributed by atoms with E-state index < -0.39 is 12.1 Å². The lowest BCUT2D eigenvalue weighted by atomic mass is 10.2. The van der Waals surface area contributed by atoms with Gasteiger partial charge in [0.1, 0.15) is 0 Å². The first kappa shape index (κ1) is 16.5. The second-order valence-electron chi connectivity index (χ2n) is 4.96. The highest BCUT2D eigenvalue weighted by Gasteiger charge is 2.15. The van der Waals surface area contributed by atoms with E-state index >= 15 is 0 Å². The van der Waals surface area contributed by atoms with Gasteiger partial charge in [0, 0.05) is 6.21 Å². The molecule has 0 heterocycles. The van der Waals surface area contributed by atoms with Crippen LogP contribution in [0.3, 0.4) is 0 Å². The van der Waals surface area contributed by atoms with E-state index in [-0.39, 0.29) is 0 Å². The van der Waals surface area contributed by atoms with Crippen molar-refractivity contribution in [2.75, 3.05) is 7.11 Å².